The molecule has 0 aliphatic heterocycles. The normalized spacial score (nSPS) is 10.6. The van der Waals surface area contributed by atoms with Crippen LogP contribution in [0.5, 0.6) is 0 Å². The second-order valence-corrected chi connectivity index (χ2v) is 5.34. The van der Waals surface area contributed by atoms with Gasteiger partial charge in [-0.2, -0.15) is 0 Å². The summed E-state index contributed by atoms with van der Waals surface area (Å²) >= 11 is 3.46. The summed E-state index contributed by atoms with van der Waals surface area (Å²) in [5, 5.41) is 0. The molecule has 1 aromatic carbocycles. The highest BCUT2D eigenvalue weighted by molar-refractivity contribution is 9.10. The van der Waals surface area contributed by atoms with Crippen LogP contribution in [0.4, 0.5) is 5.82 Å². The molecule has 0 amide bonds. The molecule has 4 nitrogen and oxygen atoms in total. The van der Waals surface area contributed by atoms with E-state index in [1.54, 1.807) is 0 Å². The number of anilines is 1. The van der Waals surface area contributed by atoms with Crippen molar-refractivity contribution in [2.24, 2.45) is 5.84 Å². The van der Waals surface area contributed by atoms with E-state index in [0.717, 1.165) is 33.3 Å². The van der Waals surface area contributed by atoms with Crippen molar-refractivity contribution < 1.29 is 0 Å². The van der Waals surface area contributed by atoms with Crippen molar-refractivity contribution in [2.45, 2.75) is 27.2 Å². The lowest BCUT2D eigenvalue weighted by Crippen LogP contribution is -2.13. The van der Waals surface area contributed by atoms with Gasteiger partial charge in [0.15, 0.2) is 5.82 Å². The predicted molar refractivity (Wildman–Crippen MR) is 81.8 cm³/mol. The Hall–Kier alpha value is -1.46. The third kappa shape index (κ3) is 2.77. The van der Waals surface area contributed by atoms with Gasteiger partial charge < -0.3 is 5.43 Å². The van der Waals surface area contributed by atoms with Crippen molar-refractivity contribution in [3.63, 3.8) is 0 Å². The molecular formula is C14H17BrN4. The highest BCUT2D eigenvalue weighted by Gasteiger charge is 2.12. The largest absolute Gasteiger partial charge is 0.308 e. The molecule has 0 bridgehead atoms. The van der Waals surface area contributed by atoms with E-state index < -0.39 is 0 Å². The first-order valence-corrected chi connectivity index (χ1v) is 6.96. The molecule has 2 rings (SSSR count). The van der Waals surface area contributed by atoms with Gasteiger partial charge in [-0.1, -0.05) is 22.9 Å². The minimum Gasteiger partial charge on any atom is -0.308 e. The first-order chi connectivity index (χ1) is 9.06. The maximum absolute atomic E-state index is 5.54. The van der Waals surface area contributed by atoms with Gasteiger partial charge in [0, 0.05) is 21.3 Å². The minimum atomic E-state index is 0.684. The van der Waals surface area contributed by atoms with E-state index in [2.05, 4.69) is 44.3 Å². The molecule has 0 spiro atoms. The van der Waals surface area contributed by atoms with Crippen LogP contribution in [0.1, 0.15) is 23.7 Å². The van der Waals surface area contributed by atoms with Crippen LogP contribution in [-0.2, 0) is 6.42 Å². The standard InChI is InChI=1S/C14H17BrN4/c1-4-12-9(3)13(19-16)18-14(17-12)11-6-5-10(15)7-8(11)2/h5-7H,4,16H2,1-3H3,(H,17,18,19). The summed E-state index contributed by atoms with van der Waals surface area (Å²) < 4.78 is 1.05. The molecule has 100 valence electrons. The molecule has 0 aliphatic rings. The third-order valence-corrected chi connectivity index (χ3v) is 3.64. The molecule has 1 heterocycles. The highest BCUT2D eigenvalue weighted by atomic mass is 79.9. The summed E-state index contributed by atoms with van der Waals surface area (Å²) in [5.41, 5.74) is 6.82. The van der Waals surface area contributed by atoms with Gasteiger partial charge in [-0.15, -0.1) is 0 Å². The molecule has 5 heteroatoms. The number of halogens is 1. The van der Waals surface area contributed by atoms with Crippen molar-refractivity contribution in [3.05, 3.63) is 39.5 Å². The quantitative estimate of drug-likeness (QED) is 0.672. The van der Waals surface area contributed by atoms with E-state index in [9.17, 15) is 0 Å². The molecule has 0 atom stereocenters. The van der Waals surface area contributed by atoms with Gasteiger partial charge in [0.25, 0.3) is 0 Å². The minimum absolute atomic E-state index is 0.684. The number of hydrogen-bond acceptors (Lipinski definition) is 4. The number of aryl methyl sites for hydroxylation is 2. The zero-order chi connectivity index (χ0) is 14.0. The Labute approximate surface area is 121 Å². The fourth-order valence-electron chi connectivity index (χ4n) is 2.05. The Morgan fingerprint density at radius 2 is 2.00 bits per heavy atom. The monoisotopic (exact) mass is 320 g/mol. The van der Waals surface area contributed by atoms with Crippen LogP contribution in [0, 0.1) is 13.8 Å². The van der Waals surface area contributed by atoms with Gasteiger partial charge in [0.2, 0.25) is 0 Å². The van der Waals surface area contributed by atoms with Crippen molar-refractivity contribution >= 4 is 21.7 Å². The van der Waals surface area contributed by atoms with Gasteiger partial charge in [-0.25, -0.2) is 15.8 Å². The summed E-state index contributed by atoms with van der Waals surface area (Å²) in [6.07, 6.45) is 0.853. The summed E-state index contributed by atoms with van der Waals surface area (Å²) in [5.74, 6) is 6.93. The lowest BCUT2D eigenvalue weighted by molar-refractivity contribution is 0.972. The molecular weight excluding hydrogens is 304 g/mol. The summed E-state index contributed by atoms with van der Waals surface area (Å²) in [6.45, 7) is 6.10. The van der Waals surface area contributed by atoms with Crippen molar-refractivity contribution in [2.75, 3.05) is 5.43 Å². The van der Waals surface area contributed by atoms with Crippen molar-refractivity contribution in [1.29, 1.82) is 0 Å². The predicted octanol–water partition coefficient (Wildman–Crippen LogP) is 3.37. The van der Waals surface area contributed by atoms with E-state index in [0.29, 0.717) is 11.6 Å². The molecule has 19 heavy (non-hydrogen) atoms. The fourth-order valence-corrected chi connectivity index (χ4v) is 2.52. The molecule has 1 aromatic heterocycles. The Bertz CT molecular complexity index is 585. The zero-order valence-corrected chi connectivity index (χ0v) is 12.9. The maximum atomic E-state index is 5.54. The van der Waals surface area contributed by atoms with Gasteiger partial charge in [0.1, 0.15) is 5.82 Å². The zero-order valence-electron chi connectivity index (χ0n) is 11.3. The lowest BCUT2D eigenvalue weighted by Gasteiger charge is -2.12. The first kappa shape index (κ1) is 14.0. The molecule has 0 unspecified atom stereocenters. The molecule has 0 fully saturated rings. The van der Waals surface area contributed by atoms with E-state index in [1.165, 1.54) is 0 Å². The van der Waals surface area contributed by atoms with Crippen molar-refractivity contribution in [1.82, 2.24) is 9.97 Å². The van der Waals surface area contributed by atoms with Gasteiger partial charge in [0.05, 0.1) is 0 Å². The number of hydrogen-bond donors (Lipinski definition) is 2. The number of nitrogens with zero attached hydrogens (tertiary/aromatic N) is 2. The number of benzene rings is 1. The topological polar surface area (TPSA) is 63.8 Å². The summed E-state index contributed by atoms with van der Waals surface area (Å²) in [7, 11) is 0. The van der Waals surface area contributed by atoms with Crippen LogP contribution in [0.3, 0.4) is 0 Å². The summed E-state index contributed by atoms with van der Waals surface area (Å²) in [4.78, 5) is 9.14. The molecule has 0 saturated heterocycles. The van der Waals surface area contributed by atoms with Crippen LogP contribution < -0.4 is 11.3 Å². The second kappa shape index (κ2) is 5.67. The first-order valence-electron chi connectivity index (χ1n) is 6.17. The Morgan fingerprint density at radius 3 is 2.58 bits per heavy atom. The van der Waals surface area contributed by atoms with Gasteiger partial charge >= 0.3 is 0 Å². The SMILES string of the molecule is CCc1nc(-c2ccc(Br)cc2C)nc(NN)c1C. The number of nitrogens with two attached hydrogens (primary N) is 1. The van der Waals surface area contributed by atoms with Gasteiger partial charge in [-0.3, -0.25) is 0 Å². The third-order valence-electron chi connectivity index (χ3n) is 3.15. The number of nitrogens with one attached hydrogen (secondary N) is 1. The van der Waals surface area contributed by atoms with Crippen LogP contribution >= 0.6 is 15.9 Å². The Morgan fingerprint density at radius 1 is 1.26 bits per heavy atom. The Balaban J connectivity index is 2.62. The van der Waals surface area contributed by atoms with E-state index in [1.807, 2.05) is 26.0 Å². The molecule has 0 aliphatic carbocycles. The van der Waals surface area contributed by atoms with E-state index in [-0.39, 0.29) is 0 Å². The molecule has 2 aromatic rings. The molecule has 0 saturated carbocycles. The Kier molecular flexibility index (Phi) is 4.17. The fraction of sp³-hybridized carbons (Fsp3) is 0.286. The highest BCUT2D eigenvalue weighted by Crippen LogP contribution is 2.26. The van der Waals surface area contributed by atoms with Crippen molar-refractivity contribution in [3.8, 4) is 11.4 Å². The van der Waals surface area contributed by atoms with Gasteiger partial charge in [-0.05, 0) is 44.0 Å². The van der Waals surface area contributed by atoms with Crippen LogP contribution in [0.25, 0.3) is 11.4 Å². The number of hydrazine groups is 1. The number of rotatable bonds is 3. The second-order valence-electron chi connectivity index (χ2n) is 4.42. The summed E-state index contributed by atoms with van der Waals surface area (Å²) in [6, 6.07) is 6.07. The average Bonchev–Trinajstić information content (AvgIpc) is 2.39. The lowest BCUT2D eigenvalue weighted by atomic mass is 10.1. The van der Waals surface area contributed by atoms with Crippen LogP contribution in [-0.4, -0.2) is 9.97 Å². The van der Waals surface area contributed by atoms with Crippen LogP contribution in [0.15, 0.2) is 22.7 Å². The molecule has 0 radical (unpaired) electrons. The van der Waals surface area contributed by atoms with E-state index >= 15 is 0 Å². The molecule has 3 N–H and O–H groups in total. The number of nitrogen functional groups attached to an aromatic ring is 1. The average molecular weight is 321 g/mol. The van der Waals surface area contributed by atoms with Crippen LogP contribution in [0.2, 0.25) is 0 Å². The smallest absolute Gasteiger partial charge is 0.162 e. The van der Waals surface area contributed by atoms with E-state index in [4.69, 9.17) is 5.84 Å². The maximum Gasteiger partial charge on any atom is 0.162 e. The number of aromatic nitrogens is 2.